The van der Waals surface area contributed by atoms with Crippen molar-refractivity contribution in [2.45, 2.75) is 43.3 Å². The van der Waals surface area contributed by atoms with Crippen LogP contribution in [0.1, 0.15) is 59.4 Å². The smallest absolute Gasteiger partial charge is 0.338 e. The highest BCUT2D eigenvalue weighted by molar-refractivity contribution is 8.00. The van der Waals surface area contributed by atoms with Crippen molar-refractivity contribution in [1.29, 1.82) is 0 Å². The van der Waals surface area contributed by atoms with Gasteiger partial charge >= 0.3 is 5.97 Å². The Hall–Kier alpha value is -4.86. The maximum absolute atomic E-state index is 13.5. The van der Waals surface area contributed by atoms with Gasteiger partial charge in [0.25, 0.3) is 11.8 Å². The Morgan fingerprint density at radius 2 is 1.53 bits per heavy atom. The molecule has 8 nitrogen and oxygen atoms in total. The van der Waals surface area contributed by atoms with Gasteiger partial charge in [-0.05, 0) is 91.2 Å². The van der Waals surface area contributed by atoms with Gasteiger partial charge in [-0.3, -0.25) is 14.4 Å². The zero-order valence-corrected chi connectivity index (χ0v) is 27.7. The van der Waals surface area contributed by atoms with Gasteiger partial charge in [0.1, 0.15) is 5.70 Å². The van der Waals surface area contributed by atoms with Gasteiger partial charge in [-0.15, -0.1) is 11.8 Å². The lowest BCUT2D eigenvalue weighted by atomic mass is 10.1. The van der Waals surface area contributed by atoms with E-state index in [1.165, 1.54) is 11.8 Å². The van der Waals surface area contributed by atoms with Gasteiger partial charge in [0.05, 0.1) is 17.4 Å². The van der Waals surface area contributed by atoms with Crippen LogP contribution < -0.4 is 16.0 Å². The molecule has 0 fully saturated rings. The number of rotatable bonds is 14. The van der Waals surface area contributed by atoms with Crippen LogP contribution in [0.15, 0.2) is 114 Å². The van der Waals surface area contributed by atoms with Gasteiger partial charge < -0.3 is 20.7 Å². The van der Waals surface area contributed by atoms with Crippen molar-refractivity contribution in [2.24, 2.45) is 0 Å². The van der Waals surface area contributed by atoms with Crippen LogP contribution in [0.4, 0.5) is 11.4 Å². The first-order valence-electron chi connectivity index (χ1n) is 15.3. The molecule has 0 saturated heterocycles. The average molecular weight is 670 g/mol. The zero-order chi connectivity index (χ0) is 33.6. The number of carbonyl (C=O) groups is 4. The molecular weight excluding hydrogens is 634 g/mol. The number of thioether (sulfide) groups is 1. The molecule has 242 valence electrons. The molecule has 47 heavy (non-hydrogen) atoms. The Kier molecular flexibility index (Phi) is 13.2. The normalized spacial score (nSPS) is 11.7. The number of halogens is 1. The molecule has 4 rings (SSSR count). The quantitative estimate of drug-likeness (QED) is 0.0540. The standard InChI is InChI=1S/C37H36ClN3O5S/c1-3-5-22-46-37(45)27-16-20-29(21-17-27)39-36(44)33(4-2)47-31-13-9-12-30(24-31)40-35(43)32(23-25-14-18-28(38)19-15-25)41-34(42)26-10-7-6-8-11-26/h6-21,23-24,33H,3-5,22H2,1-2H3,(H,39,44)(H,40,43)(H,41,42)/b32-23-. The van der Waals surface area contributed by atoms with Crippen molar-refractivity contribution in [3.8, 4) is 0 Å². The Morgan fingerprint density at radius 1 is 0.809 bits per heavy atom. The number of carbonyl (C=O) groups excluding carboxylic acids is 4. The van der Waals surface area contributed by atoms with Crippen molar-refractivity contribution < 1.29 is 23.9 Å². The van der Waals surface area contributed by atoms with Crippen molar-refractivity contribution >= 4 is 64.5 Å². The highest BCUT2D eigenvalue weighted by Crippen LogP contribution is 2.29. The summed E-state index contributed by atoms with van der Waals surface area (Å²) in [5.74, 6) is -1.53. The Morgan fingerprint density at radius 3 is 2.21 bits per heavy atom. The lowest BCUT2D eigenvalue weighted by molar-refractivity contribution is -0.116. The number of anilines is 2. The van der Waals surface area contributed by atoms with Crippen molar-refractivity contribution in [1.82, 2.24) is 5.32 Å². The molecule has 1 atom stereocenters. The molecule has 1 unspecified atom stereocenters. The third-order valence-corrected chi connectivity index (χ3v) is 8.47. The van der Waals surface area contributed by atoms with Crippen LogP contribution >= 0.6 is 23.4 Å². The van der Waals surface area contributed by atoms with Crippen molar-refractivity contribution in [3.05, 3.63) is 131 Å². The second kappa shape index (κ2) is 17.7. The molecule has 3 N–H and O–H groups in total. The molecule has 3 amide bonds. The van der Waals surface area contributed by atoms with Crippen LogP contribution in [0.25, 0.3) is 6.08 Å². The first-order chi connectivity index (χ1) is 22.7. The number of ether oxygens (including phenoxy) is 1. The summed E-state index contributed by atoms with van der Waals surface area (Å²) in [6, 6.07) is 29.3. The number of hydrogen-bond donors (Lipinski definition) is 3. The highest BCUT2D eigenvalue weighted by Gasteiger charge is 2.20. The number of esters is 1. The molecule has 10 heteroatoms. The maximum atomic E-state index is 13.5. The second-order valence-electron chi connectivity index (χ2n) is 10.5. The van der Waals surface area contributed by atoms with E-state index in [1.807, 2.05) is 19.9 Å². The number of unbranched alkanes of at least 4 members (excludes halogenated alkanes) is 1. The lowest BCUT2D eigenvalue weighted by Gasteiger charge is -2.16. The number of nitrogens with one attached hydrogen (secondary N) is 3. The minimum absolute atomic E-state index is 0.0466. The molecule has 0 aromatic heterocycles. The van der Waals surface area contributed by atoms with Gasteiger partial charge in [-0.25, -0.2) is 4.79 Å². The van der Waals surface area contributed by atoms with E-state index in [-0.39, 0.29) is 11.6 Å². The largest absolute Gasteiger partial charge is 0.462 e. The molecule has 0 aliphatic carbocycles. The summed E-state index contributed by atoms with van der Waals surface area (Å²) >= 11 is 7.39. The lowest BCUT2D eigenvalue weighted by Crippen LogP contribution is -2.30. The molecule has 0 radical (unpaired) electrons. The summed E-state index contributed by atoms with van der Waals surface area (Å²) in [5, 5.41) is 8.62. The minimum Gasteiger partial charge on any atom is -0.462 e. The molecular formula is C37H36ClN3O5S. The van der Waals surface area contributed by atoms with E-state index in [4.69, 9.17) is 16.3 Å². The van der Waals surface area contributed by atoms with E-state index >= 15 is 0 Å². The molecule has 0 bridgehead atoms. The number of amides is 3. The fourth-order valence-electron chi connectivity index (χ4n) is 4.31. The number of benzene rings is 4. The SMILES string of the molecule is CCCCOC(=O)c1ccc(NC(=O)C(CC)Sc2cccc(NC(=O)/C(=C/c3ccc(Cl)cc3)NC(=O)c3ccccc3)c2)cc1. The van der Waals surface area contributed by atoms with E-state index in [2.05, 4.69) is 16.0 Å². The first kappa shape index (κ1) is 35.0. The zero-order valence-electron chi connectivity index (χ0n) is 26.1. The van der Waals surface area contributed by atoms with Crippen LogP contribution in [0.2, 0.25) is 5.02 Å². The van der Waals surface area contributed by atoms with E-state index < -0.39 is 23.0 Å². The molecule has 0 aliphatic heterocycles. The molecule has 4 aromatic rings. The fraction of sp³-hybridized carbons (Fsp3) is 0.189. The van der Waals surface area contributed by atoms with Crippen LogP contribution in [-0.4, -0.2) is 35.5 Å². The van der Waals surface area contributed by atoms with E-state index in [1.54, 1.807) is 103 Å². The van der Waals surface area contributed by atoms with Crippen LogP contribution in [0.5, 0.6) is 0 Å². The minimum atomic E-state index is -0.520. The Labute approximate surface area is 283 Å². The molecule has 0 spiro atoms. The molecule has 0 saturated carbocycles. The number of hydrogen-bond acceptors (Lipinski definition) is 6. The highest BCUT2D eigenvalue weighted by atomic mass is 35.5. The van der Waals surface area contributed by atoms with Crippen molar-refractivity contribution in [3.63, 3.8) is 0 Å². The van der Waals surface area contributed by atoms with E-state index in [9.17, 15) is 19.2 Å². The van der Waals surface area contributed by atoms with Gasteiger partial charge in [0.15, 0.2) is 0 Å². The molecule has 0 aliphatic rings. The summed E-state index contributed by atoms with van der Waals surface area (Å²) in [7, 11) is 0. The average Bonchev–Trinajstić information content (AvgIpc) is 3.08. The van der Waals surface area contributed by atoms with Gasteiger partial charge in [-0.2, -0.15) is 0 Å². The van der Waals surface area contributed by atoms with Gasteiger partial charge in [-0.1, -0.05) is 68.3 Å². The third-order valence-electron chi connectivity index (χ3n) is 6.86. The third kappa shape index (κ3) is 10.9. The van der Waals surface area contributed by atoms with Gasteiger partial charge in [0.2, 0.25) is 5.91 Å². The summed E-state index contributed by atoms with van der Waals surface area (Å²) in [5.41, 5.74) is 2.61. The summed E-state index contributed by atoms with van der Waals surface area (Å²) in [6.45, 7) is 4.32. The predicted octanol–water partition coefficient (Wildman–Crippen LogP) is 8.22. The Bertz CT molecular complexity index is 1710. The van der Waals surface area contributed by atoms with E-state index in [0.717, 1.165) is 17.7 Å². The maximum Gasteiger partial charge on any atom is 0.338 e. The Balaban J connectivity index is 1.42. The van der Waals surface area contributed by atoms with Crippen LogP contribution in [-0.2, 0) is 14.3 Å². The fourth-order valence-corrected chi connectivity index (χ4v) is 5.44. The van der Waals surface area contributed by atoms with Crippen LogP contribution in [0, 0.1) is 0 Å². The molecule has 0 heterocycles. The molecule has 4 aromatic carbocycles. The van der Waals surface area contributed by atoms with Gasteiger partial charge in [0, 0.05) is 26.9 Å². The predicted molar refractivity (Wildman–Crippen MR) is 189 cm³/mol. The first-order valence-corrected chi connectivity index (χ1v) is 16.5. The summed E-state index contributed by atoms with van der Waals surface area (Å²) < 4.78 is 5.24. The van der Waals surface area contributed by atoms with E-state index in [0.29, 0.717) is 46.1 Å². The topological polar surface area (TPSA) is 114 Å². The summed E-state index contributed by atoms with van der Waals surface area (Å²) in [4.78, 5) is 52.5. The second-order valence-corrected chi connectivity index (χ2v) is 12.2. The van der Waals surface area contributed by atoms with Crippen molar-refractivity contribution in [2.75, 3.05) is 17.2 Å². The monoisotopic (exact) mass is 669 g/mol. The summed E-state index contributed by atoms with van der Waals surface area (Å²) in [6.07, 6.45) is 3.87. The van der Waals surface area contributed by atoms with Crippen LogP contribution in [0.3, 0.4) is 0 Å².